The summed E-state index contributed by atoms with van der Waals surface area (Å²) in [4.78, 5) is 12.3. The van der Waals surface area contributed by atoms with Gasteiger partial charge in [-0.25, -0.2) is 0 Å². The van der Waals surface area contributed by atoms with Crippen molar-refractivity contribution in [3.8, 4) is 17.1 Å². The van der Waals surface area contributed by atoms with Crippen LogP contribution in [0, 0.1) is 0 Å². The van der Waals surface area contributed by atoms with Gasteiger partial charge in [0.1, 0.15) is 17.1 Å². The largest absolute Gasteiger partial charge is 0.493 e. The molecule has 0 unspecified atom stereocenters. The average molecular weight is 309 g/mol. The van der Waals surface area contributed by atoms with E-state index < -0.39 is 0 Å². The van der Waals surface area contributed by atoms with Gasteiger partial charge in [-0.15, -0.1) is 0 Å². The predicted octanol–water partition coefficient (Wildman–Crippen LogP) is 3.58. The van der Waals surface area contributed by atoms with Crippen molar-refractivity contribution in [3.05, 3.63) is 64.8 Å². The minimum absolute atomic E-state index is 0.0558. The highest BCUT2D eigenvalue weighted by Crippen LogP contribution is 2.24. The van der Waals surface area contributed by atoms with E-state index in [1.54, 1.807) is 18.2 Å². The Morgan fingerprint density at radius 2 is 1.83 bits per heavy atom. The van der Waals surface area contributed by atoms with Crippen molar-refractivity contribution in [2.75, 3.05) is 13.2 Å². The molecule has 0 fully saturated rings. The van der Waals surface area contributed by atoms with E-state index in [-0.39, 0.29) is 5.43 Å². The highest BCUT2D eigenvalue weighted by molar-refractivity contribution is 5.80. The van der Waals surface area contributed by atoms with Crippen LogP contribution < -0.4 is 15.9 Å². The monoisotopic (exact) mass is 309 g/mol. The highest BCUT2D eigenvalue weighted by atomic mass is 16.5. The molecule has 2 aromatic carbocycles. The fourth-order valence-electron chi connectivity index (χ4n) is 2.41. The zero-order chi connectivity index (χ0) is 16.1. The lowest BCUT2D eigenvalue weighted by molar-refractivity contribution is 0.308. The summed E-state index contributed by atoms with van der Waals surface area (Å²) >= 11 is 0. The Balaban J connectivity index is 1.92. The number of unbranched alkanes of at least 4 members (excludes halogenated alkanes) is 1. The first-order valence-corrected chi connectivity index (χ1v) is 7.74. The van der Waals surface area contributed by atoms with Gasteiger partial charge in [0.15, 0.2) is 5.43 Å². The molecule has 118 valence electrons. The summed E-state index contributed by atoms with van der Waals surface area (Å²) < 4.78 is 11.6. The number of hydrogen-bond donors (Lipinski definition) is 1. The third kappa shape index (κ3) is 3.60. The van der Waals surface area contributed by atoms with Crippen LogP contribution in [-0.4, -0.2) is 13.2 Å². The molecule has 0 radical (unpaired) electrons. The van der Waals surface area contributed by atoms with Gasteiger partial charge >= 0.3 is 0 Å². The Hall–Kier alpha value is -2.59. The summed E-state index contributed by atoms with van der Waals surface area (Å²) in [7, 11) is 0. The average Bonchev–Trinajstić information content (AvgIpc) is 2.59. The van der Waals surface area contributed by atoms with Gasteiger partial charge in [0, 0.05) is 17.7 Å². The molecule has 0 saturated carbocycles. The number of nitrogens with two attached hydrogens (primary N) is 1. The van der Waals surface area contributed by atoms with Crippen LogP contribution in [0.25, 0.3) is 22.3 Å². The normalized spacial score (nSPS) is 10.8. The summed E-state index contributed by atoms with van der Waals surface area (Å²) in [5.74, 6) is 1.26. The molecule has 1 aromatic heterocycles. The van der Waals surface area contributed by atoms with Crippen molar-refractivity contribution >= 4 is 11.0 Å². The molecular formula is C19H19NO3. The summed E-state index contributed by atoms with van der Waals surface area (Å²) in [5.41, 5.74) is 6.82. The molecule has 0 spiro atoms. The molecule has 0 atom stereocenters. The van der Waals surface area contributed by atoms with Crippen molar-refractivity contribution < 1.29 is 9.15 Å². The third-order valence-electron chi connectivity index (χ3n) is 3.63. The predicted molar refractivity (Wildman–Crippen MR) is 91.7 cm³/mol. The number of rotatable bonds is 6. The molecule has 23 heavy (non-hydrogen) atoms. The molecule has 4 heteroatoms. The minimum atomic E-state index is -0.0558. The fourth-order valence-corrected chi connectivity index (χ4v) is 2.41. The maximum atomic E-state index is 12.3. The Bertz CT molecular complexity index is 840. The second-order valence-corrected chi connectivity index (χ2v) is 5.34. The zero-order valence-corrected chi connectivity index (χ0v) is 12.8. The van der Waals surface area contributed by atoms with Gasteiger partial charge in [-0.3, -0.25) is 4.79 Å². The van der Waals surface area contributed by atoms with Gasteiger partial charge in [0.2, 0.25) is 0 Å². The number of benzene rings is 2. The zero-order valence-electron chi connectivity index (χ0n) is 12.8. The van der Waals surface area contributed by atoms with Crippen LogP contribution >= 0.6 is 0 Å². The van der Waals surface area contributed by atoms with E-state index in [4.69, 9.17) is 14.9 Å². The summed E-state index contributed by atoms with van der Waals surface area (Å²) in [6, 6.07) is 16.4. The van der Waals surface area contributed by atoms with E-state index in [0.29, 0.717) is 35.6 Å². The fraction of sp³-hybridized carbons (Fsp3) is 0.211. The quantitative estimate of drug-likeness (QED) is 0.707. The van der Waals surface area contributed by atoms with Crippen LogP contribution in [0.5, 0.6) is 5.75 Å². The van der Waals surface area contributed by atoms with E-state index in [1.165, 1.54) is 6.07 Å². The lowest BCUT2D eigenvalue weighted by atomic mass is 10.1. The molecule has 0 bridgehead atoms. The van der Waals surface area contributed by atoms with Gasteiger partial charge in [0.25, 0.3) is 0 Å². The molecule has 0 aliphatic heterocycles. The van der Waals surface area contributed by atoms with Crippen LogP contribution in [0.15, 0.2) is 63.8 Å². The molecule has 3 rings (SSSR count). The first-order chi connectivity index (χ1) is 11.3. The minimum Gasteiger partial charge on any atom is -0.493 e. The molecule has 0 aliphatic rings. The van der Waals surface area contributed by atoms with Crippen LogP contribution in [0.1, 0.15) is 12.8 Å². The second-order valence-electron chi connectivity index (χ2n) is 5.34. The Morgan fingerprint density at radius 3 is 2.61 bits per heavy atom. The molecule has 2 N–H and O–H groups in total. The molecule has 0 amide bonds. The van der Waals surface area contributed by atoms with Crippen LogP contribution in [0.2, 0.25) is 0 Å². The van der Waals surface area contributed by atoms with Crippen molar-refractivity contribution in [3.63, 3.8) is 0 Å². The van der Waals surface area contributed by atoms with Gasteiger partial charge in [-0.05, 0) is 31.5 Å². The van der Waals surface area contributed by atoms with Crippen molar-refractivity contribution in [2.45, 2.75) is 12.8 Å². The number of hydrogen-bond acceptors (Lipinski definition) is 4. The van der Waals surface area contributed by atoms with Crippen molar-refractivity contribution in [2.24, 2.45) is 5.73 Å². The Morgan fingerprint density at radius 1 is 1.00 bits per heavy atom. The maximum Gasteiger partial charge on any atom is 0.193 e. The van der Waals surface area contributed by atoms with Crippen LogP contribution in [0.3, 0.4) is 0 Å². The first kappa shape index (κ1) is 15.3. The van der Waals surface area contributed by atoms with Crippen molar-refractivity contribution in [1.29, 1.82) is 0 Å². The molecule has 0 aliphatic carbocycles. The Kier molecular flexibility index (Phi) is 4.74. The summed E-state index contributed by atoms with van der Waals surface area (Å²) in [5, 5.41) is 0.555. The highest BCUT2D eigenvalue weighted by Gasteiger charge is 2.08. The first-order valence-electron chi connectivity index (χ1n) is 7.74. The maximum absolute atomic E-state index is 12.3. The SMILES string of the molecule is NCCCCOc1ccc2c(=O)cc(-c3ccccc3)oc2c1. The van der Waals surface area contributed by atoms with Crippen LogP contribution in [0.4, 0.5) is 0 Å². The molecule has 3 aromatic rings. The van der Waals surface area contributed by atoms with Crippen LogP contribution in [-0.2, 0) is 0 Å². The summed E-state index contributed by atoms with van der Waals surface area (Å²) in [6.07, 6.45) is 1.84. The molecule has 0 saturated heterocycles. The standard InChI is InChI=1S/C19H19NO3/c20-10-4-5-11-22-15-8-9-16-17(21)13-18(23-19(16)12-15)14-6-2-1-3-7-14/h1-3,6-9,12-13H,4-5,10-11,20H2. The lowest BCUT2D eigenvalue weighted by Crippen LogP contribution is -2.04. The summed E-state index contributed by atoms with van der Waals surface area (Å²) in [6.45, 7) is 1.27. The molecular weight excluding hydrogens is 290 g/mol. The van der Waals surface area contributed by atoms with Gasteiger partial charge in [0.05, 0.1) is 12.0 Å². The van der Waals surface area contributed by atoms with Crippen molar-refractivity contribution in [1.82, 2.24) is 0 Å². The van der Waals surface area contributed by atoms with E-state index in [0.717, 1.165) is 18.4 Å². The third-order valence-corrected chi connectivity index (χ3v) is 3.63. The van der Waals surface area contributed by atoms with E-state index in [9.17, 15) is 4.79 Å². The van der Waals surface area contributed by atoms with E-state index in [2.05, 4.69) is 0 Å². The van der Waals surface area contributed by atoms with E-state index in [1.807, 2.05) is 30.3 Å². The number of fused-ring (bicyclic) bond motifs is 1. The van der Waals surface area contributed by atoms with Gasteiger partial charge in [-0.2, -0.15) is 0 Å². The van der Waals surface area contributed by atoms with Gasteiger partial charge in [-0.1, -0.05) is 30.3 Å². The number of ether oxygens (including phenoxy) is 1. The Labute approximate surface area is 134 Å². The van der Waals surface area contributed by atoms with E-state index >= 15 is 0 Å². The smallest absolute Gasteiger partial charge is 0.193 e. The molecule has 4 nitrogen and oxygen atoms in total. The molecule has 1 heterocycles. The van der Waals surface area contributed by atoms with Gasteiger partial charge < -0.3 is 14.9 Å². The topological polar surface area (TPSA) is 65.5 Å². The lowest BCUT2D eigenvalue weighted by Gasteiger charge is -2.07. The second kappa shape index (κ2) is 7.11.